The fraction of sp³-hybridized carbons (Fsp3) is 1.00. The van der Waals surface area contributed by atoms with E-state index in [0.717, 1.165) is 0 Å². The van der Waals surface area contributed by atoms with Crippen LogP contribution in [0.2, 0.25) is 0 Å². The second kappa shape index (κ2) is 7.92. The average molecular weight is 247 g/mol. The molecule has 52 valence electrons. The number of piperidine rings is 1. The van der Waals surface area contributed by atoms with Gasteiger partial charge in [-0.1, -0.05) is 6.42 Å². The minimum Gasteiger partial charge on any atom is -0.317 e. The number of halogens is 2. The van der Waals surface area contributed by atoms with Crippen LogP contribution in [0.25, 0.3) is 0 Å². The molecule has 0 bridgehead atoms. The average Bonchev–Trinajstić information content (AvgIpc) is 1.72. The third kappa shape index (κ3) is 5.06. The summed E-state index contributed by atoms with van der Waals surface area (Å²) in [7, 11) is 0. The lowest BCUT2D eigenvalue weighted by atomic mass is 10.2. The first-order valence-electron chi connectivity index (χ1n) is 2.71. The monoisotopic (exact) mass is 245 g/mol. The summed E-state index contributed by atoms with van der Waals surface area (Å²) in [5.74, 6) is 0. The highest BCUT2D eigenvalue weighted by Gasteiger charge is 1.93. The number of nitrogens with one attached hydrogen (secondary N) is 1. The van der Waals surface area contributed by atoms with Crippen molar-refractivity contribution < 1.29 is 0 Å². The number of hydrogen-bond acceptors (Lipinski definition) is 1. The fourth-order valence-electron chi connectivity index (χ4n) is 0.802. The SMILES string of the molecule is Br.Br.C1CCNCC1. The first kappa shape index (κ1) is 11.7. The molecule has 0 saturated carbocycles. The van der Waals surface area contributed by atoms with Gasteiger partial charge in [-0.05, 0) is 25.9 Å². The Kier molecular flexibility index (Phi) is 11.6. The number of rotatable bonds is 0. The van der Waals surface area contributed by atoms with Crippen LogP contribution in [0.4, 0.5) is 0 Å². The van der Waals surface area contributed by atoms with Crippen molar-refractivity contribution in [3.63, 3.8) is 0 Å². The van der Waals surface area contributed by atoms with Crippen LogP contribution >= 0.6 is 34.0 Å². The fourth-order valence-corrected chi connectivity index (χ4v) is 0.802. The molecule has 0 aromatic rings. The van der Waals surface area contributed by atoms with Gasteiger partial charge in [-0.3, -0.25) is 0 Å². The first-order chi connectivity index (χ1) is 3.00. The highest BCUT2D eigenvalue weighted by Crippen LogP contribution is 1.96. The zero-order valence-electron chi connectivity index (χ0n) is 4.85. The van der Waals surface area contributed by atoms with Crippen molar-refractivity contribution in [1.29, 1.82) is 0 Å². The van der Waals surface area contributed by atoms with E-state index in [9.17, 15) is 0 Å². The van der Waals surface area contributed by atoms with Gasteiger partial charge in [0.15, 0.2) is 0 Å². The largest absolute Gasteiger partial charge is 0.317 e. The summed E-state index contributed by atoms with van der Waals surface area (Å²) >= 11 is 0. The summed E-state index contributed by atoms with van der Waals surface area (Å²) in [6.45, 7) is 2.50. The second-order valence-corrected chi connectivity index (χ2v) is 1.81. The molecular formula is C5H13Br2N. The molecule has 3 heteroatoms. The smallest absolute Gasteiger partial charge is 0.00489 e. The normalized spacial score (nSPS) is 18.0. The van der Waals surface area contributed by atoms with Crippen molar-refractivity contribution in [2.24, 2.45) is 0 Å². The van der Waals surface area contributed by atoms with E-state index >= 15 is 0 Å². The minimum absolute atomic E-state index is 0. The Morgan fingerprint density at radius 1 is 0.750 bits per heavy atom. The maximum Gasteiger partial charge on any atom is -0.00489 e. The molecule has 1 saturated heterocycles. The molecule has 0 spiro atoms. The molecule has 1 rings (SSSR count). The van der Waals surface area contributed by atoms with Crippen LogP contribution < -0.4 is 5.32 Å². The third-order valence-electron chi connectivity index (χ3n) is 1.21. The predicted octanol–water partition coefficient (Wildman–Crippen LogP) is 1.92. The Balaban J connectivity index is 0. The van der Waals surface area contributed by atoms with Crippen LogP contribution in [0.15, 0.2) is 0 Å². The molecule has 0 atom stereocenters. The lowest BCUT2D eigenvalue weighted by Crippen LogP contribution is -2.21. The van der Waals surface area contributed by atoms with Gasteiger partial charge >= 0.3 is 0 Å². The zero-order chi connectivity index (χ0) is 4.24. The molecule has 0 aromatic carbocycles. The lowest BCUT2D eigenvalue weighted by molar-refractivity contribution is 0.520. The molecule has 0 aromatic heterocycles. The molecule has 0 radical (unpaired) electrons. The van der Waals surface area contributed by atoms with Crippen LogP contribution in [-0.4, -0.2) is 13.1 Å². The Morgan fingerprint density at radius 3 is 1.38 bits per heavy atom. The van der Waals surface area contributed by atoms with Crippen molar-refractivity contribution in [3.05, 3.63) is 0 Å². The third-order valence-corrected chi connectivity index (χ3v) is 1.21. The van der Waals surface area contributed by atoms with Gasteiger partial charge in [-0.25, -0.2) is 0 Å². The van der Waals surface area contributed by atoms with Crippen molar-refractivity contribution in [2.75, 3.05) is 13.1 Å². The summed E-state index contributed by atoms with van der Waals surface area (Å²) in [6.07, 6.45) is 4.22. The maximum absolute atomic E-state index is 3.28. The van der Waals surface area contributed by atoms with E-state index in [2.05, 4.69) is 5.32 Å². The Labute approximate surface area is 71.8 Å². The van der Waals surface area contributed by atoms with Crippen molar-refractivity contribution in [1.82, 2.24) is 5.32 Å². The zero-order valence-corrected chi connectivity index (χ0v) is 8.28. The molecule has 1 nitrogen and oxygen atoms in total. The van der Waals surface area contributed by atoms with E-state index < -0.39 is 0 Å². The van der Waals surface area contributed by atoms with Gasteiger partial charge < -0.3 is 5.32 Å². The van der Waals surface area contributed by atoms with Gasteiger partial charge in [0.05, 0.1) is 0 Å². The minimum atomic E-state index is 0. The highest BCUT2D eigenvalue weighted by atomic mass is 79.9. The summed E-state index contributed by atoms with van der Waals surface area (Å²) in [6, 6.07) is 0. The standard InChI is InChI=1S/C5H11N.2BrH/c1-2-4-6-5-3-1;;/h6H,1-5H2;2*1H. The van der Waals surface area contributed by atoms with Crippen molar-refractivity contribution >= 4 is 34.0 Å². The van der Waals surface area contributed by atoms with E-state index in [-0.39, 0.29) is 34.0 Å². The molecule has 0 amide bonds. The molecule has 1 fully saturated rings. The Hall–Kier alpha value is 0.920. The first-order valence-corrected chi connectivity index (χ1v) is 2.71. The van der Waals surface area contributed by atoms with E-state index in [4.69, 9.17) is 0 Å². The topological polar surface area (TPSA) is 12.0 Å². The van der Waals surface area contributed by atoms with Gasteiger partial charge in [-0.2, -0.15) is 0 Å². The molecule has 8 heavy (non-hydrogen) atoms. The van der Waals surface area contributed by atoms with Gasteiger partial charge in [0, 0.05) is 0 Å². The van der Waals surface area contributed by atoms with Crippen LogP contribution in [0.1, 0.15) is 19.3 Å². The Bertz CT molecular complexity index is 25.9. The molecule has 0 unspecified atom stereocenters. The lowest BCUT2D eigenvalue weighted by Gasteiger charge is -2.08. The highest BCUT2D eigenvalue weighted by molar-refractivity contribution is 8.93. The Morgan fingerprint density at radius 2 is 1.25 bits per heavy atom. The summed E-state index contributed by atoms with van der Waals surface area (Å²) in [5.41, 5.74) is 0. The maximum atomic E-state index is 3.28. The van der Waals surface area contributed by atoms with Gasteiger partial charge in [-0.15, -0.1) is 34.0 Å². The molecule has 1 heterocycles. The van der Waals surface area contributed by atoms with E-state index in [1.807, 2.05) is 0 Å². The van der Waals surface area contributed by atoms with Crippen LogP contribution in [0.3, 0.4) is 0 Å². The molecular weight excluding hydrogens is 234 g/mol. The quantitative estimate of drug-likeness (QED) is 0.689. The molecule has 1 aliphatic rings. The van der Waals surface area contributed by atoms with E-state index in [0.29, 0.717) is 0 Å². The van der Waals surface area contributed by atoms with Crippen molar-refractivity contribution in [2.45, 2.75) is 19.3 Å². The summed E-state index contributed by atoms with van der Waals surface area (Å²) in [4.78, 5) is 0. The second-order valence-electron chi connectivity index (χ2n) is 1.81. The van der Waals surface area contributed by atoms with Gasteiger partial charge in [0.25, 0.3) is 0 Å². The number of hydrogen-bond donors (Lipinski definition) is 1. The van der Waals surface area contributed by atoms with Crippen molar-refractivity contribution in [3.8, 4) is 0 Å². The summed E-state index contributed by atoms with van der Waals surface area (Å²) < 4.78 is 0. The molecule has 0 aliphatic carbocycles. The summed E-state index contributed by atoms with van der Waals surface area (Å²) in [5, 5.41) is 3.28. The van der Waals surface area contributed by atoms with Gasteiger partial charge in [0.2, 0.25) is 0 Å². The van der Waals surface area contributed by atoms with Crippen LogP contribution in [0, 0.1) is 0 Å². The molecule has 1 aliphatic heterocycles. The molecule has 1 N–H and O–H groups in total. The van der Waals surface area contributed by atoms with E-state index in [1.54, 1.807) is 0 Å². The predicted molar refractivity (Wildman–Crippen MR) is 47.4 cm³/mol. The van der Waals surface area contributed by atoms with E-state index in [1.165, 1.54) is 32.4 Å². The van der Waals surface area contributed by atoms with Crippen LogP contribution in [0.5, 0.6) is 0 Å². The van der Waals surface area contributed by atoms with Gasteiger partial charge in [0.1, 0.15) is 0 Å². The van der Waals surface area contributed by atoms with Crippen LogP contribution in [-0.2, 0) is 0 Å².